The number of hydrogen-bond acceptors (Lipinski definition) is 7. The summed E-state index contributed by atoms with van der Waals surface area (Å²) < 4.78 is 32.8. The molecule has 2 aromatic heterocycles. The first-order chi connectivity index (χ1) is 18.4. The second kappa shape index (κ2) is 9.74. The van der Waals surface area contributed by atoms with E-state index in [-0.39, 0.29) is 16.6 Å². The summed E-state index contributed by atoms with van der Waals surface area (Å²) in [7, 11) is -3.76. The first-order valence-electron chi connectivity index (χ1n) is 12.1. The van der Waals surface area contributed by atoms with Crippen molar-refractivity contribution in [1.82, 2.24) is 14.9 Å². The standard InChI is InChI=1S/C28H23ClN4O4S/c29-21-10-11-23-24(17-21)37-28(31-23)33-15-13-32(14-16-33)27(34)22-8-2-1-5-20(22)18-38(35,36)25-9-3-6-19-7-4-12-30-26(19)25/h1-12,17H,13-16,18H2. The lowest BCUT2D eigenvalue weighted by atomic mass is 10.1. The fraction of sp³-hybridized carbons (Fsp3) is 0.179. The zero-order valence-electron chi connectivity index (χ0n) is 20.2. The average Bonchev–Trinajstić information content (AvgIpc) is 3.36. The minimum atomic E-state index is -3.76. The lowest BCUT2D eigenvalue weighted by molar-refractivity contribution is 0.0744. The van der Waals surface area contributed by atoms with E-state index in [0.717, 1.165) is 10.9 Å². The number of pyridine rings is 1. The number of halogens is 1. The Morgan fingerprint density at radius 3 is 2.58 bits per heavy atom. The van der Waals surface area contributed by atoms with Gasteiger partial charge in [-0.15, -0.1) is 0 Å². The molecule has 1 aliphatic rings. The van der Waals surface area contributed by atoms with Gasteiger partial charge in [0.25, 0.3) is 11.9 Å². The molecule has 0 saturated carbocycles. The van der Waals surface area contributed by atoms with Crippen molar-refractivity contribution in [2.24, 2.45) is 0 Å². The van der Waals surface area contributed by atoms with Gasteiger partial charge in [0.05, 0.1) is 16.2 Å². The first-order valence-corrected chi connectivity index (χ1v) is 14.2. The summed E-state index contributed by atoms with van der Waals surface area (Å²) in [6.07, 6.45) is 1.58. The number of hydrogen-bond donors (Lipinski definition) is 0. The van der Waals surface area contributed by atoms with E-state index in [4.69, 9.17) is 16.0 Å². The quantitative estimate of drug-likeness (QED) is 0.307. The minimum Gasteiger partial charge on any atom is -0.423 e. The van der Waals surface area contributed by atoms with Crippen molar-refractivity contribution in [3.8, 4) is 0 Å². The number of carbonyl (C=O) groups excluding carboxylic acids is 1. The van der Waals surface area contributed by atoms with Crippen LogP contribution >= 0.6 is 11.6 Å². The number of piperazine rings is 1. The number of para-hydroxylation sites is 1. The van der Waals surface area contributed by atoms with E-state index in [1.165, 1.54) is 0 Å². The maximum Gasteiger partial charge on any atom is 0.298 e. The van der Waals surface area contributed by atoms with Crippen molar-refractivity contribution < 1.29 is 17.6 Å². The summed E-state index contributed by atoms with van der Waals surface area (Å²) in [5, 5.41) is 1.32. The van der Waals surface area contributed by atoms with Gasteiger partial charge in [0.2, 0.25) is 0 Å². The molecule has 1 saturated heterocycles. The number of sulfone groups is 1. The molecule has 192 valence electrons. The number of anilines is 1. The van der Waals surface area contributed by atoms with Crippen LogP contribution in [0.2, 0.25) is 5.02 Å². The fourth-order valence-electron chi connectivity index (χ4n) is 4.76. The van der Waals surface area contributed by atoms with E-state index in [1.807, 2.05) is 23.1 Å². The Balaban J connectivity index is 1.20. The Hall–Kier alpha value is -3.95. The van der Waals surface area contributed by atoms with E-state index >= 15 is 0 Å². The van der Waals surface area contributed by atoms with Crippen LogP contribution < -0.4 is 4.90 Å². The molecule has 0 atom stereocenters. The SMILES string of the molecule is O=C(c1ccccc1CS(=O)(=O)c1cccc2cccnc12)N1CCN(c2nc3ccc(Cl)cc3o2)CC1. The molecule has 8 nitrogen and oxygen atoms in total. The summed E-state index contributed by atoms with van der Waals surface area (Å²) in [6.45, 7) is 1.97. The molecule has 0 unspecified atom stereocenters. The van der Waals surface area contributed by atoms with Crippen LogP contribution in [0.1, 0.15) is 15.9 Å². The largest absolute Gasteiger partial charge is 0.423 e. The molecule has 1 fully saturated rings. The summed E-state index contributed by atoms with van der Waals surface area (Å²) >= 11 is 6.05. The van der Waals surface area contributed by atoms with Crippen LogP contribution in [-0.2, 0) is 15.6 Å². The van der Waals surface area contributed by atoms with Gasteiger partial charge in [-0.2, -0.15) is 4.98 Å². The highest BCUT2D eigenvalue weighted by Gasteiger charge is 2.28. The van der Waals surface area contributed by atoms with Crippen LogP contribution in [0.5, 0.6) is 0 Å². The maximum atomic E-state index is 13.5. The number of rotatable bonds is 5. The molecule has 0 spiro atoms. The predicted octanol–water partition coefficient (Wildman–Crippen LogP) is 4.97. The van der Waals surface area contributed by atoms with Crippen molar-refractivity contribution in [3.63, 3.8) is 0 Å². The molecule has 5 aromatic rings. The number of amides is 1. The van der Waals surface area contributed by atoms with Crippen LogP contribution in [0.3, 0.4) is 0 Å². The number of aromatic nitrogens is 2. The molecule has 0 aliphatic carbocycles. The lowest BCUT2D eigenvalue weighted by Gasteiger charge is -2.34. The van der Waals surface area contributed by atoms with Gasteiger partial charge < -0.3 is 14.2 Å². The number of oxazole rings is 1. The van der Waals surface area contributed by atoms with E-state index in [0.29, 0.717) is 59.4 Å². The van der Waals surface area contributed by atoms with E-state index in [2.05, 4.69) is 9.97 Å². The summed E-state index contributed by atoms with van der Waals surface area (Å²) in [6, 6.07) is 21.4. The van der Waals surface area contributed by atoms with Crippen molar-refractivity contribution in [3.05, 3.63) is 95.1 Å². The van der Waals surface area contributed by atoms with Gasteiger partial charge in [0.1, 0.15) is 5.52 Å². The van der Waals surface area contributed by atoms with Gasteiger partial charge in [0, 0.05) is 54.4 Å². The van der Waals surface area contributed by atoms with Gasteiger partial charge in [-0.3, -0.25) is 9.78 Å². The second-order valence-corrected chi connectivity index (χ2v) is 11.5. The van der Waals surface area contributed by atoms with Gasteiger partial charge >= 0.3 is 0 Å². The number of nitrogens with zero attached hydrogens (tertiary/aromatic N) is 4. The Morgan fingerprint density at radius 2 is 1.74 bits per heavy atom. The van der Waals surface area contributed by atoms with E-state index in [9.17, 15) is 13.2 Å². The van der Waals surface area contributed by atoms with Gasteiger partial charge in [0.15, 0.2) is 15.4 Å². The van der Waals surface area contributed by atoms with Crippen LogP contribution in [0.25, 0.3) is 22.0 Å². The highest BCUT2D eigenvalue weighted by molar-refractivity contribution is 7.90. The summed E-state index contributed by atoms with van der Waals surface area (Å²) in [5.41, 5.74) is 2.61. The Labute approximate surface area is 224 Å². The summed E-state index contributed by atoms with van der Waals surface area (Å²) in [5.74, 6) is -0.494. The summed E-state index contributed by atoms with van der Waals surface area (Å²) in [4.78, 5) is 26.2. The zero-order chi connectivity index (χ0) is 26.3. The lowest BCUT2D eigenvalue weighted by Crippen LogP contribution is -2.49. The minimum absolute atomic E-state index is 0.158. The van der Waals surface area contributed by atoms with Gasteiger partial charge in [-0.1, -0.05) is 48.0 Å². The predicted molar refractivity (Wildman–Crippen MR) is 146 cm³/mol. The van der Waals surface area contributed by atoms with Crippen molar-refractivity contribution in [2.75, 3.05) is 31.1 Å². The molecule has 38 heavy (non-hydrogen) atoms. The molecule has 1 amide bonds. The van der Waals surface area contributed by atoms with E-state index < -0.39 is 9.84 Å². The van der Waals surface area contributed by atoms with Gasteiger partial charge in [-0.05, 0) is 35.9 Å². The smallest absolute Gasteiger partial charge is 0.298 e. The van der Waals surface area contributed by atoms with E-state index in [1.54, 1.807) is 65.7 Å². The van der Waals surface area contributed by atoms with Crippen molar-refractivity contribution >= 4 is 55.4 Å². The average molecular weight is 547 g/mol. The molecule has 6 rings (SSSR count). The van der Waals surface area contributed by atoms with Crippen molar-refractivity contribution in [1.29, 1.82) is 0 Å². The van der Waals surface area contributed by atoms with Crippen LogP contribution in [0.15, 0.2) is 88.3 Å². The van der Waals surface area contributed by atoms with Crippen LogP contribution in [0.4, 0.5) is 6.01 Å². The molecule has 3 heterocycles. The number of fused-ring (bicyclic) bond motifs is 2. The molecular formula is C28H23ClN4O4S. The monoisotopic (exact) mass is 546 g/mol. The van der Waals surface area contributed by atoms with Crippen molar-refractivity contribution in [2.45, 2.75) is 10.6 Å². The maximum absolute atomic E-state index is 13.5. The second-order valence-electron chi connectivity index (χ2n) is 9.14. The molecule has 0 bridgehead atoms. The first kappa shape index (κ1) is 24.4. The number of benzene rings is 3. The van der Waals surface area contributed by atoms with Crippen LogP contribution in [0, 0.1) is 0 Å². The topological polar surface area (TPSA) is 96.6 Å². The third kappa shape index (κ3) is 4.59. The van der Waals surface area contributed by atoms with Gasteiger partial charge in [-0.25, -0.2) is 8.42 Å². The molecule has 3 aromatic carbocycles. The Morgan fingerprint density at radius 1 is 0.947 bits per heavy atom. The fourth-order valence-corrected chi connectivity index (χ4v) is 6.49. The van der Waals surface area contributed by atoms with Crippen LogP contribution in [-0.4, -0.2) is 55.4 Å². The highest BCUT2D eigenvalue weighted by Crippen LogP contribution is 2.28. The Bertz CT molecular complexity index is 1770. The molecule has 0 N–H and O–H groups in total. The third-order valence-corrected chi connectivity index (χ3v) is 8.63. The Kier molecular flexibility index (Phi) is 6.25. The normalized spacial score (nSPS) is 14.3. The number of carbonyl (C=O) groups is 1. The molecule has 0 radical (unpaired) electrons. The highest BCUT2D eigenvalue weighted by atomic mass is 35.5. The third-order valence-electron chi connectivity index (χ3n) is 6.70. The molecule has 10 heteroatoms. The molecular weight excluding hydrogens is 524 g/mol. The zero-order valence-corrected chi connectivity index (χ0v) is 21.8. The molecule has 1 aliphatic heterocycles.